The third-order valence-electron chi connectivity index (χ3n) is 9.25. The van der Waals surface area contributed by atoms with Crippen molar-refractivity contribution < 1.29 is 19.1 Å². The standard InChI is InChI=1S/C41H46N6O4/c1-25-21-34(47(24-25)39(49)51-41(5,6)7)36-42-23-32(44-36)28-15-12-26(13-16-28)10-11-27-14-18-30-29(22-27)17-19-31-35(30)45-37(43-31)33-9-8-20-46(33)38(48)50-40(2,3)4/h12-16,18,21-23,33-34H,8-9,17,19-20,24H2,1-7H3,(H,42,44)(H,43,45)/t33-,34-/m0/s1. The lowest BCUT2D eigenvalue weighted by Crippen LogP contribution is -2.37. The Morgan fingerprint density at radius 1 is 0.863 bits per heavy atom. The van der Waals surface area contributed by atoms with Gasteiger partial charge in [0.25, 0.3) is 0 Å². The van der Waals surface area contributed by atoms with Crippen LogP contribution in [-0.2, 0) is 22.3 Å². The molecular weight excluding hydrogens is 640 g/mol. The minimum Gasteiger partial charge on any atom is -0.444 e. The summed E-state index contributed by atoms with van der Waals surface area (Å²) < 4.78 is 11.3. The molecule has 7 rings (SSSR count). The van der Waals surface area contributed by atoms with E-state index >= 15 is 0 Å². The Morgan fingerprint density at radius 3 is 2.27 bits per heavy atom. The molecule has 0 bridgehead atoms. The first-order valence-corrected chi connectivity index (χ1v) is 17.8. The molecule has 0 saturated carbocycles. The number of imidazole rings is 2. The van der Waals surface area contributed by atoms with Crippen molar-refractivity contribution in [1.82, 2.24) is 29.7 Å². The van der Waals surface area contributed by atoms with Gasteiger partial charge < -0.3 is 19.4 Å². The van der Waals surface area contributed by atoms with E-state index in [2.05, 4.69) is 51.1 Å². The Bertz CT molecular complexity index is 2060. The highest BCUT2D eigenvalue weighted by atomic mass is 16.6. The van der Waals surface area contributed by atoms with Gasteiger partial charge in [-0.1, -0.05) is 41.7 Å². The lowest BCUT2D eigenvalue weighted by molar-refractivity contribution is 0.0213. The zero-order chi connectivity index (χ0) is 36.1. The molecule has 2 aliphatic heterocycles. The van der Waals surface area contributed by atoms with Crippen molar-refractivity contribution in [2.45, 2.75) is 97.4 Å². The number of aryl methyl sites for hydroxylation is 2. The summed E-state index contributed by atoms with van der Waals surface area (Å²) in [4.78, 5) is 45.9. The molecule has 4 aromatic rings. The van der Waals surface area contributed by atoms with Crippen molar-refractivity contribution in [2.75, 3.05) is 13.1 Å². The fourth-order valence-corrected chi connectivity index (χ4v) is 6.97. The third kappa shape index (κ3) is 7.43. The van der Waals surface area contributed by atoms with Gasteiger partial charge in [-0.05, 0) is 110 Å². The molecule has 1 aliphatic carbocycles. The molecule has 2 atom stereocenters. The molecule has 1 saturated heterocycles. The smallest absolute Gasteiger partial charge is 0.411 e. The minimum atomic E-state index is -0.573. The van der Waals surface area contributed by atoms with Crippen LogP contribution in [0.25, 0.3) is 22.5 Å². The lowest BCUT2D eigenvalue weighted by Gasteiger charge is -2.27. The number of fused-ring (bicyclic) bond motifs is 3. The summed E-state index contributed by atoms with van der Waals surface area (Å²) in [5.41, 5.74) is 8.13. The van der Waals surface area contributed by atoms with Crippen LogP contribution in [0.3, 0.4) is 0 Å². The first kappa shape index (κ1) is 34.2. The van der Waals surface area contributed by atoms with Crippen LogP contribution >= 0.6 is 0 Å². The van der Waals surface area contributed by atoms with E-state index in [1.54, 1.807) is 11.1 Å². The number of likely N-dealkylation sites (tertiary alicyclic amines) is 1. The predicted octanol–water partition coefficient (Wildman–Crippen LogP) is 8.28. The van der Waals surface area contributed by atoms with E-state index in [4.69, 9.17) is 14.5 Å². The average Bonchev–Trinajstić information content (AvgIpc) is 3.87. The van der Waals surface area contributed by atoms with Crippen LogP contribution in [0.2, 0.25) is 0 Å². The monoisotopic (exact) mass is 686 g/mol. The molecule has 0 unspecified atom stereocenters. The highest BCUT2D eigenvalue weighted by Crippen LogP contribution is 2.38. The van der Waals surface area contributed by atoms with Crippen molar-refractivity contribution in [2.24, 2.45) is 0 Å². The topological polar surface area (TPSA) is 116 Å². The van der Waals surface area contributed by atoms with Crippen molar-refractivity contribution in [1.29, 1.82) is 0 Å². The maximum atomic E-state index is 12.9. The number of carbonyl (C=O) groups is 2. The Morgan fingerprint density at radius 2 is 1.55 bits per heavy atom. The molecule has 2 N–H and O–H groups in total. The van der Waals surface area contributed by atoms with Gasteiger partial charge in [-0.2, -0.15) is 0 Å². The highest BCUT2D eigenvalue weighted by molar-refractivity contribution is 5.72. The van der Waals surface area contributed by atoms with Gasteiger partial charge in [0.1, 0.15) is 28.9 Å². The summed E-state index contributed by atoms with van der Waals surface area (Å²) in [7, 11) is 0. The lowest BCUT2D eigenvalue weighted by atomic mass is 9.91. The van der Waals surface area contributed by atoms with Crippen LogP contribution in [0.4, 0.5) is 9.59 Å². The highest BCUT2D eigenvalue weighted by Gasteiger charge is 2.36. The normalized spacial score (nSPS) is 18.5. The first-order valence-electron chi connectivity index (χ1n) is 17.8. The van der Waals surface area contributed by atoms with Gasteiger partial charge in [0, 0.05) is 35.5 Å². The Labute approximate surface area is 299 Å². The van der Waals surface area contributed by atoms with Gasteiger partial charge in [0.15, 0.2) is 0 Å². The fraction of sp³-hybridized carbons (Fsp3) is 0.415. The molecule has 51 heavy (non-hydrogen) atoms. The van der Waals surface area contributed by atoms with Crippen LogP contribution in [0.15, 0.2) is 60.3 Å². The molecule has 264 valence electrons. The zero-order valence-corrected chi connectivity index (χ0v) is 30.5. The number of hydrogen-bond donors (Lipinski definition) is 2. The number of ether oxygens (including phenoxy) is 2. The Kier molecular flexibility index (Phi) is 8.78. The summed E-state index contributed by atoms with van der Waals surface area (Å²) in [6.07, 6.45) is 6.76. The maximum absolute atomic E-state index is 12.9. The molecule has 0 spiro atoms. The average molecular weight is 687 g/mol. The summed E-state index contributed by atoms with van der Waals surface area (Å²) in [5.74, 6) is 8.20. The van der Waals surface area contributed by atoms with Crippen LogP contribution in [0, 0.1) is 11.8 Å². The van der Waals surface area contributed by atoms with Gasteiger partial charge in [-0.15, -0.1) is 0 Å². The summed E-state index contributed by atoms with van der Waals surface area (Å²) >= 11 is 0. The van der Waals surface area contributed by atoms with Crippen molar-refractivity contribution in [3.8, 4) is 34.4 Å². The first-order chi connectivity index (χ1) is 24.2. The fourth-order valence-electron chi connectivity index (χ4n) is 6.97. The summed E-state index contributed by atoms with van der Waals surface area (Å²) in [6.45, 7) is 14.5. The van der Waals surface area contributed by atoms with E-state index < -0.39 is 11.2 Å². The number of rotatable bonds is 3. The summed E-state index contributed by atoms with van der Waals surface area (Å²) in [6, 6.07) is 14.0. The van der Waals surface area contributed by atoms with Crippen LogP contribution in [0.5, 0.6) is 0 Å². The van der Waals surface area contributed by atoms with Gasteiger partial charge >= 0.3 is 12.2 Å². The number of amides is 2. The molecular formula is C41H46N6O4. The largest absolute Gasteiger partial charge is 0.444 e. The van der Waals surface area contributed by atoms with Gasteiger partial charge in [-0.3, -0.25) is 9.80 Å². The Balaban J connectivity index is 1.03. The number of H-pyrrole nitrogens is 2. The van der Waals surface area contributed by atoms with E-state index in [1.165, 1.54) is 5.56 Å². The number of aromatic nitrogens is 4. The van der Waals surface area contributed by atoms with Crippen molar-refractivity contribution in [3.05, 3.63) is 94.3 Å². The molecule has 0 radical (unpaired) electrons. The van der Waals surface area contributed by atoms with Crippen LogP contribution in [-0.4, -0.2) is 66.2 Å². The van der Waals surface area contributed by atoms with E-state index in [9.17, 15) is 9.59 Å². The van der Waals surface area contributed by atoms with Gasteiger partial charge in [-0.25, -0.2) is 19.6 Å². The van der Waals surface area contributed by atoms with E-state index in [-0.39, 0.29) is 24.3 Å². The molecule has 1 fully saturated rings. The molecule has 2 aromatic heterocycles. The van der Waals surface area contributed by atoms with Gasteiger partial charge in [0.2, 0.25) is 0 Å². The van der Waals surface area contributed by atoms with Crippen molar-refractivity contribution >= 4 is 12.2 Å². The summed E-state index contributed by atoms with van der Waals surface area (Å²) in [5, 5.41) is 0. The number of nitrogens with zero attached hydrogens (tertiary/aromatic N) is 4. The molecule has 3 aliphatic rings. The zero-order valence-electron chi connectivity index (χ0n) is 30.5. The maximum Gasteiger partial charge on any atom is 0.411 e. The number of hydrogen-bond acceptors (Lipinski definition) is 6. The predicted molar refractivity (Wildman–Crippen MR) is 196 cm³/mol. The second-order valence-electron chi connectivity index (χ2n) is 15.7. The quantitative estimate of drug-likeness (QED) is 0.166. The van der Waals surface area contributed by atoms with E-state index in [0.717, 1.165) is 76.4 Å². The van der Waals surface area contributed by atoms with E-state index in [1.807, 2.05) is 77.6 Å². The Hall–Kier alpha value is -5.30. The second kappa shape index (κ2) is 13.1. The SMILES string of the molecule is CC1=C[C@@H](c2ncc(-c3ccc(C#Cc4ccc5c(c4)CCc4[nH]c([C@@H]6CCCN6C(=O)OC(C)(C)C)nc4-5)cc3)[nH]2)N(C(=O)OC(C)(C)C)C1. The molecule has 10 heteroatoms. The third-order valence-corrected chi connectivity index (χ3v) is 9.25. The van der Waals surface area contributed by atoms with Crippen LogP contribution in [0.1, 0.15) is 107 Å². The number of benzene rings is 2. The number of nitrogens with one attached hydrogen (secondary N) is 2. The van der Waals surface area contributed by atoms with Gasteiger partial charge in [0.05, 0.1) is 23.6 Å². The number of aromatic amines is 2. The molecule has 2 aromatic carbocycles. The molecule has 10 nitrogen and oxygen atoms in total. The van der Waals surface area contributed by atoms with E-state index in [0.29, 0.717) is 18.9 Å². The number of carbonyl (C=O) groups excluding carboxylic acids is 2. The second-order valence-corrected chi connectivity index (χ2v) is 15.7. The van der Waals surface area contributed by atoms with Crippen LogP contribution < -0.4 is 0 Å². The minimum absolute atomic E-state index is 0.107. The van der Waals surface area contributed by atoms with Crippen molar-refractivity contribution in [3.63, 3.8) is 0 Å². The molecule has 2 amide bonds. The molecule has 4 heterocycles.